The molecule has 0 aliphatic heterocycles. The van der Waals surface area contributed by atoms with Gasteiger partial charge in [-0.25, -0.2) is 0 Å². The van der Waals surface area contributed by atoms with Crippen LogP contribution in [0.15, 0.2) is 0 Å². The summed E-state index contributed by atoms with van der Waals surface area (Å²) < 4.78 is 0. The zero-order chi connectivity index (χ0) is 12.4. The van der Waals surface area contributed by atoms with Crippen molar-refractivity contribution in [2.45, 2.75) is 52.4 Å². The number of nitrogens with zero attached hydrogens (tertiary/aromatic N) is 1. The summed E-state index contributed by atoms with van der Waals surface area (Å²) in [7, 11) is 1.97. The molecule has 0 spiro atoms. The van der Waals surface area contributed by atoms with Crippen LogP contribution >= 0.6 is 0 Å². The number of carbonyl (C=O) groups is 1. The van der Waals surface area contributed by atoms with Gasteiger partial charge in [0.05, 0.1) is 0 Å². The first-order valence-electron chi connectivity index (χ1n) is 7.34. The van der Waals surface area contributed by atoms with Crippen LogP contribution in [0.1, 0.15) is 52.4 Å². The molecule has 0 radical (unpaired) electrons. The number of hydrogen-bond acceptors (Lipinski definition) is 1. The van der Waals surface area contributed by atoms with E-state index in [4.69, 9.17) is 0 Å². The van der Waals surface area contributed by atoms with Crippen molar-refractivity contribution in [3.05, 3.63) is 0 Å². The molecule has 0 aromatic rings. The first kappa shape index (κ1) is 12.9. The lowest BCUT2D eigenvalue weighted by molar-refractivity contribution is -0.131. The molecule has 17 heavy (non-hydrogen) atoms. The standard InChI is InChI=1S/C15H27NO/c1-4-11(2)10-16(3)15(17)9-14-8-12-5-6-13(14)7-12/h11-14H,4-10H2,1-3H3/t11-,12+,13+,14-/m1/s1. The van der Waals surface area contributed by atoms with Crippen LogP contribution in [0.2, 0.25) is 0 Å². The molecule has 4 atom stereocenters. The fraction of sp³-hybridized carbons (Fsp3) is 0.933. The highest BCUT2D eigenvalue weighted by atomic mass is 16.2. The number of fused-ring (bicyclic) bond motifs is 2. The van der Waals surface area contributed by atoms with Crippen molar-refractivity contribution in [3.63, 3.8) is 0 Å². The van der Waals surface area contributed by atoms with Crippen LogP contribution in [0.25, 0.3) is 0 Å². The lowest BCUT2D eigenvalue weighted by Crippen LogP contribution is -2.33. The quantitative estimate of drug-likeness (QED) is 0.718. The Balaban J connectivity index is 1.77. The highest BCUT2D eigenvalue weighted by Crippen LogP contribution is 2.49. The molecule has 1 amide bonds. The fourth-order valence-corrected chi connectivity index (χ4v) is 3.71. The maximum atomic E-state index is 12.2. The summed E-state index contributed by atoms with van der Waals surface area (Å²) in [6.07, 6.45) is 7.52. The minimum atomic E-state index is 0.378. The zero-order valence-electron chi connectivity index (χ0n) is 11.6. The summed E-state index contributed by atoms with van der Waals surface area (Å²) in [4.78, 5) is 14.1. The molecule has 2 fully saturated rings. The Hall–Kier alpha value is -0.530. The van der Waals surface area contributed by atoms with Gasteiger partial charge in [0.1, 0.15) is 0 Å². The molecule has 0 unspecified atom stereocenters. The minimum absolute atomic E-state index is 0.378. The van der Waals surface area contributed by atoms with Gasteiger partial charge in [-0.1, -0.05) is 26.7 Å². The molecule has 2 aliphatic carbocycles. The van der Waals surface area contributed by atoms with Gasteiger partial charge >= 0.3 is 0 Å². The lowest BCUT2D eigenvalue weighted by Gasteiger charge is -2.25. The molecule has 0 heterocycles. The van der Waals surface area contributed by atoms with Crippen molar-refractivity contribution < 1.29 is 4.79 Å². The molecule has 0 N–H and O–H groups in total. The van der Waals surface area contributed by atoms with E-state index in [2.05, 4.69) is 13.8 Å². The Morgan fingerprint density at radius 3 is 2.65 bits per heavy atom. The molecular formula is C15H27NO. The van der Waals surface area contributed by atoms with E-state index >= 15 is 0 Å². The highest BCUT2D eigenvalue weighted by molar-refractivity contribution is 5.76. The van der Waals surface area contributed by atoms with E-state index in [1.165, 1.54) is 25.7 Å². The SMILES string of the molecule is CC[C@@H](C)CN(C)C(=O)C[C@H]1C[C@H]2CC[C@H]1C2. The van der Waals surface area contributed by atoms with E-state index in [-0.39, 0.29) is 0 Å². The topological polar surface area (TPSA) is 20.3 Å². The van der Waals surface area contributed by atoms with Crippen LogP contribution in [0.5, 0.6) is 0 Å². The van der Waals surface area contributed by atoms with E-state index in [0.717, 1.165) is 31.2 Å². The van der Waals surface area contributed by atoms with Crippen LogP contribution < -0.4 is 0 Å². The first-order valence-corrected chi connectivity index (χ1v) is 7.34. The summed E-state index contributed by atoms with van der Waals surface area (Å²) in [6.45, 7) is 5.34. The fourth-order valence-electron chi connectivity index (χ4n) is 3.71. The van der Waals surface area contributed by atoms with E-state index in [0.29, 0.717) is 17.7 Å². The molecular weight excluding hydrogens is 210 g/mol. The predicted molar refractivity (Wildman–Crippen MR) is 70.6 cm³/mol. The monoisotopic (exact) mass is 237 g/mol. The molecule has 0 aromatic carbocycles. The van der Waals surface area contributed by atoms with Gasteiger partial charge < -0.3 is 4.90 Å². The molecule has 2 rings (SSSR count). The number of carbonyl (C=O) groups excluding carboxylic acids is 1. The first-order chi connectivity index (χ1) is 8.10. The van der Waals surface area contributed by atoms with Gasteiger partial charge in [-0.3, -0.25) is 4.79 Å². The number of hydrogen-bond donors (Lipinski definition) is 0. The third kappa shape index (κ3) is 3.02. The average molecular weight is 237 g/mol. The van der Waals surface area contributed by atoms with Gasteiger partial charge in [0.2, 0.25) is 5.91 Å². The van der Waals surface area contributed by atoms with Crippen molar-refractivity contribution in [2.75, 3.05) is 13.6 Å². The average Bonchev–Trinajstić information content (AvgIpc) is 2.90. The highest BCUT2D eigenvalue weighted by Gasteiger charge is 2.40. The summed E-state index contributed by atoms with van der Waals surface area (Å²) in [5.74, 6) is 3.55. The van der Waals surface area contributed by atoms with E-state index < -0.39 is 0 Å². The van der Waals surface area contributed by atoms with E-state index in [1.807, 2.05) is 11.9 Å². The van der Waals surface area contributed by atoms with E-state index in [1.54, 1.807) is 0 Å². The van der Waals surface area contributed by atoms with E-state index in [9.17, 15) is 4.79 Å². The lowest BCUT2D eigenvalue weighted by atomic mass is 9.86. The molecule has 2 aliphatic rings. The molecule has 2 nitrogen and oxygen atoms in total. The molecule has 2 saturated carbocycles. The molecule has 0 aromatic heterocycles. The Bertz CT molecular complexity index is 276. The van der Waals surface area contributed by atoms with Crippen LogP contribution in [0.3, 0.4) is 0 Å². The molecule has 2 heteroatoms. The van der Waals surface area contributed by atoms with Gasteiger partial charge in [-0.2, -0.15) is 0 Å². The van der Waals surface area contributed by atoms with Gasteiger partial charge in [0, 0.05) is 20.0 Å². The van der Waals surface area contributed by atoms with Crippen molar-refractivity contribution in [3.8, 4) is 0 Å². The van der Waals surface area contributed by atoms with Crippen LogP contribution in [-0.2, 0) is 4.79 Å². The maximum Gasteiger partial charge on any atom is 0.222 e. The van der Waals surface area contributed by atoms with Gasteiger partial charge in [0.15, 0.2) is 0 Å². The van der Waals surface area contributed by atoms with Crippen molar-refractivity contribution in [1.82, 2.24) is 4.90 Å². The minimum Gasteiger partial charge on any atom is -0.345 e. The molecule has 2 bridgehead atoms. The Labute approximate surface area is 106 Å². The third-order valence-electron chi connectivity index (χ3n) is 5.03. The Morgan fingerprint density at radius 2 is 2.12 bits per heavy atom. The summed E-state index contributed by atoms with van der Waals surface area (Å²) in [5, 5.41) is 0. The van der Waals surface area contributed by atoms with Crippen LogP contribution in [0.4, 0.5) is 0 Å². The Kier molecular flexibility index (Phi) is 4.11. The Morgan fingerprint density at radius 1 is 1.35 bits per heavy atom. The third-order valence-corrected chi connectivity index (χ3v) is 5.03. The second-order valence-electron chi connectivity index (χ2n) is 6.43. The summed E-state index contributed by atoms with van der Waals surface area (Å²) in [5.41, 5.74) is 0. The van der Waals surface area contributed by atoms with Crippen molar-refractivity contribution in [2.24, 2.45) is 23.7 Å². The number of rotatable bonds is 5. The second kappa shape index (κ2) is 5.41. The largest absolute Gasteiger partial charge is 0.345 e. The van der Waals surface area contributed by atoms with Gasteiger partial charge in [-0.15, -0.1) is 0 Å². The van der Waals surface area contributed by atoms with Crippen LogP contribution in [0, 0.1) is 23.7 Å². The van der Waals surface area contributed by atoms with Crippen molar-refractivity contribution >= 4 is 5.91 Å². The summed E-state index contributed by atoms with van der Waals surface area (Å²) in [6, 6.07) is 0. The summed E-state index contributed by atoms with van der Waals surface area (Å²) >= 11 is 0. The molecule has 98 valence electrons. The van der Waals surface area contributed by atoms with Crippen LogP contribution in [-0.4, -0.2) is 24.4 Å². The number of amides is 1. The van der Waals surface area contributed by atoms with Gasteiger partial charge in [0.25, 0.3) is 0 Å². The zero-order valence-corrected chi connectivity index (χ0v) is 11.6. The van der Waals surface area contributed by atoms with Crippen molar-refractivity contribution in [1.29, 1.82) is 0 Å². The second-order valence-corrected chi connectivity index (χ2v) is 6.43. The predicted octanol–water partition coefficient (Wildman–Crippen LogP) is 3.32. The maximum absolute atomic E-state index is 12.2. The normalized spacial score (nSPS) is 32.8. The van der Waals surface area contributed by atoms with Gasteiger partial charge in [-0.05, 0) is 42.9 Å². The smallest absolute Gasteiger partial charge is 0.222 e. The molecule has 0 saturated heterocycles.